The molecular formula is C25H21IO. The van der Waals surface area contributed by atoms with E-state index in [0.29, 0.717) is 0 Å². The van der Waals surface area contributed by atoms with Crippen molar-refractivity contribution in [2.24, 2.45) is 0 Å². The van der Waals surface area contributed by atoms with Crippen molar-refractivity contribution in [2.75, 3.05) is 7.11 Å². The van der Waals surface area contributed by atoms with Crippen LogP contribution in [0.4, 0.5) is 0 Å². The summed E-state index contributed by atoms with van der Waals surface area (Å²) in [5.74, 6) is 6.59. The predicted molar refractivity (Wildman–Crippen MR) is 121 cm³/mol. The van der Waals surface area contributed by atoms with Gasteiger partial charge in [0, 0.05) is 15.6 Å². The minimum absolute atomic E-state index is 0.746. The standard InChI is InChI=1S/C25H21IO/c1-27-19-5-10-22-8-3-2-7-21(22)9-4-6-20-11-13-23(14-12-20)24-15-17-25(26)18-16-24/h2-3,5,7-8,11-19H,9-10H2,1H3. The van der Waals surface area contributed by atoms with Crippen LogP contribution in [0.15, 0.2) is 85.1 Å². The molecule has 27 heavy (non-hydrogen) atoms. The zero-order valence-corrected chi connectivity index (χ0v) is 17.4. The van der Waals surface area contributed by atoms with Gasteiger partial charge in [-0.15, -0.1) is 0 Å². The van der Waals surface area contributed by atoms with Gasteiger partial charge in [-0.1, -0.05) is 60.4 Å². The van der Waals surface area contributed by atoms with Crippen molar-refractivity contribution >= 4 is 22.6 Å². The van der Waals surface area contributed by atoms with E-state index in [1.165, 1.54) is 25.8 Å². The summed E-state index contributed by atoms with van der Waals surface area (Å²) in [6.07, 6.45) is 5.35. The summed E-state index contributed by atoms with van der Waals surface area (Å²) in [6.45, 7) is 0. The van der Waals surface area contributed by atoms with Crippen LogP contribution >= 0.6 is 22.6 Å². The van der Waals surface area contributed by atoms with E-state index in [9.17, 15) is 0 Å². The summed E-state index contributed by atoms with van der Waals surface area (Å²) in [5, 5.41) is 0. The van der Waals surface area contributed by atoms with Gasteiger partial charge >= 0.3 is 0 Å². The van der Waals surface area contributed by atoms with Crippen LogP contribution in [-0.4, -0.2) is 7.11 Å². The van der Waals surface area contributed by atoms with Crippen LogP contribution in [0.5, 0.6) is 0 Å². The first-order chi connectivity index (χ1) is 13.3. The molecule has 0 saturated carbocycles. The monoisotopic (exact) mass is 464 g/mol. The van der Waals surface area contributed by atoms with Crippen LogP contribution < -0.4 is 0 Å². The highest BCUT2D eigenvalue weighted by molar-refractivity contribution is 14.1. The van der Waals surface area contributed by atoms with E-state index in [-0.39, 0.29) is 0 Å². The van der Waals surface area contributed by atoms with Gasteiger partial charge in [-0.05, 0) is 81.6 Å². The van der Waals surface area contributed by atoms with Gasteiger partial charge in [-0.2, -0.15) is 0 Å². The summed E-state index contributed by atoms with van der Waals surface area (Å²) in [5.41, 5.74) is 6.04. The molecular weight excluding hydrogens is 443 g/mol. The number of allylic oxidation sites excluding steroid dienone is 1. The molecule has 0 atom stereocenters. The number of benzene rings is 3. The molecule has 0 amide bonds. The lowest BCUT2D eigenvalue weighted by molar-refractivity contribution is 0.337. The number of methoxy groups -OCH3 is 1. The van der Waals surface area contributed by atoms with E-state index in [0.717, 1.165) is 18.4 Å². The van der Waals surface area contributed by atoms with Crippen molar-refractivity contribution < 1.29 is 4.74 Å². The van der Waals surface area contributed by atoms with Crippen LogP contribution in [0.25, 0.3) is 11.1 Å². The number of ether oxygens (including phenoxy) is 1. The van der Waals surface area contributed by atoms with Gasteiger partial charge in [-0.25, -0.2) is 0 Å². The van der Waals surface area contributed by atoms with Crippen molar-refractivity contribution in [3.63, 3.8) is 0 Å². The molecule has 0 aliphatic rings. The second kappa shape index (κ2) is 9.99. The quantitative estimate of drug-likeness (QED) is 0.246. The molecule has 1 nitrogen and oxygen atoms in total. The van der Waals surface area contributed by atoms with Crippen LogP contribution in [0.2, 0.25) is 0 Å². The average Bonchev–Trinajstić information content (AvgIpc) is 2.70. The van der Waals surface area contributed by atoms with Gasteiger partial charge in [0.1, 0.15) is 0 Å². The molecule has 0 saturated heterocycles. The Hall–Kier alpha value is -2.51. The Morgan fingerprint density at radius 1 is 0.852 bits per heavy atom. The van der Waals surface area contributed by atoms with Crippen molar-refractivity contribution in [3.8, 4) is 23.0 Å². The maximum Gasteiger partial charge on any atom is 0.0788 e. The maximum absolute atomic E-state index is 4.98. The molecule has 0 aromatic heterocycles. The SMILES string of the molecule is COC=CCc1ccccc1CC#Cc1ccc(-c2ccc(I)cc2)cc1. The van der Waals surface area contributed by atoms with Gasteiger partial charge in [0.15, 0.2) is 0 Å². The molecule has 3 aromatic carbocycles. The first-order valence-corrected chi connectivity index (χ1v) is 9.93. The fourth-order valence-corrected chi connectivity index (χ4v) is 3.19. The molecule has 0 radical (unpaired) electrons. The van der Waals surface area contributed by atoms with Crippen molar-refractivity contribution in [2.45, 2.75) is 12.8 Å². The third kappa shape index (κ3) is 5.74. The summed E-state index contributed by atoms with van der Waals surface area (Å²) >= 11 is 2.32. The molecule has 0 bridgehead atoms. The summed E-state index contributed by atoms with van der Waals surface area (Å²) in [6, 6.07) is 25.4. The van der Waals surface area contributed by atoms with Gasteiger partial charge in [0.25, 0.3) is 0 Å². The zero-order valence-electron chi connectivity index (χ0n) is 15.3. The molecule has 134 valence electrons. The van der Waals surface area contributed by atoms with Crippen molar-refractivity contribution in [1.82, 2.24) is 0 Å². The largest absolute Gasteiger partial charge is 0.505 e. The fourth-order valence-electron chi connectivity index (χ4n) is 2.83. The molecule has 3 rings (SSSR count). The van der Waals surface area contributed by atoms with Gasteiger partial charge < -0.3 is 4.74 Å². The minimum atomic E-state index is 0.746. The maximum atomic E-state index is 4.98. The Labute approximate surface area is 175 Å². The first kappa shape index (κ1) is 19.3. The summed E-state index contributed by atoms with van der Waals surface area (Å²) < 4.78 is 6.23. The smallest absolute Gasteiger partial charge is 0.0788 e. The average molecular weight is 464 g/mol. The van der Waals surface area contributed by atoms with E-state index in [1.807, 2.05) is 6.08 Å². The Kier molecular flexibility index (Phi) is 7.12. The molecule has 3 aromatic rings. The van der Waals surface area contributed by atoms with E-state index >= 15 is 0 Å². The third-order valence-corrected chi connectivity index (χ3v) is 4.98. The lowest BCUT2D eigenvalue weighted by Crippen LogP contribution is -1.91. The van der Waals surface area contributed by atoms with Gasteiger partial charge in [-0.3, -0.25) is 0 Å². The predicted octanol–water partition coefficient (Wildman–Crippen LogP) is 6.26. The molecule has 0 spiro atoms. The van der Waals surface area contributed by atoms with E-state index in [1.54, 1.807) is 13.4 Å². The zero-order chi connectivity index (χ0) is 18.9. The lowest BCUT2D eigenvalue weighted by Gasteiger charge is -2.04. The number of halogens is 1. The van der Waals surface area contributed by atoms with E-state index in [4.69, 9.17) is 4.74 Å². The normalized spacial score (nSPS) is 10.4. The van der Waals surface area contributed by atoms with Crippen LogP contribution in [-0.2, 0) is 17.6 Å². The van der Waals surface area contributed by atoms with Gasteiger partial charge in [0.2, 0.25) is 0 Å². The van der Waals surface area contributed by atoms with Crippen LogP contribution in [0.3, 0.4) is 0 Å². The Morgan fingerprint density at radius 3 is 2.15 bits per heavy atom. The fraction of sp³-hybridized carbons (Fsp3) is 0.120. The number of hydrogen-bond acceptors (Lipinski definition) is 1. The van der Waals surface area contributed by atoms with Crippen molar-refractivity contribution in [3.05, 3.63) is 105 Å². The molecule has 0 fully saturated rings. The Bertz CT molecular complexity index is 958. The Balaban J connectivity index is 1.68. The molecule has 0 aliphatic carbocycles. The van der Waals surface area contributed by atoms with Crippen LogP contribution in [0, 0.1) is 15.4 Å². The van der Waals surface area contributed by atoms with E-state index < -0.39 is 0 Å². The molecule has 0 heterocycles. The Morgan fingerprint density at radius 2 is 1.48 bits per heavy atom. The lowest BCUT2D eigenvalue weighted by atomic mass is 10.0. The molecule has 0 aliphatic heterocycles. The highest BCUT2D eigenvalue weighted by Gasteiger charge is 1.99. The van der Waals surface area contributed by atoms with Crippen LogP contribution in [0.1, 0.15) is 16.7 Å². The number of hydrogen-bond donors (Lipinski definition) is 0. The summed E-state index contributed by atoms with van der Waals surface area (Å²) in [4.78, 5) is 0. The second-order valence-corrected chi connectivity index (χ2v) is 7.39. The second-order valence-electron chi connectivity index (χ2n) is 6.14. The highest BCUT2D eigenvalue weighted by Crippen LogP contribution is 2.20. The number of rotatable bonds is 5. The van der Waals surface area contributed by atoms with Gasteiger partial charge in [0.05, 0.1) is 13.4 Å². The van der Waals surface area contributed by atoms with E-state index in [2.05, 4.69) is 107 Å². The van der Waals surface area contributed by atoms with Crippen molar-refractivity contribution in [1.29, 1.82) is 0 Å². The first-order valence-electron chi connectivity index (χ1n) is 8.86. The third-order valence-electron chi connectivity index (χ3n) is 4.26. The summed E-state index contributed by atoms with van der Waals surface area (Å²) in [7, 11) is 1.66. The molecule has 0 N–H and O–H groups in total. The minimum Gasteiger partial charge on any atom is -0.505 e. The molecule has 2 heteroatoms. The highest BCUT2D eigenvalue weighted by atomic mass is 127. The molecule has 0 unspecified atom stereocenters. The topological polar surface area (TPSA) is 9.23 Å².